The van der Waals surface area contributed by atoms with Crippen LogP contribution in [-0.2, 0) is 0 Å². The lowest BCUT2D eigenvalue weighted by atomic mass is 10.3. The zero-order chi connectivity index (χ0) is 7.40. The fraction of sp³-hybridized carbons (Fsp3) is 0.333. The summed E-state index contributed by atoms with van der Waals surface area (Å²) >= 11 is 0. The maximum Gasteiger partial charge on any atom is 0.136 e. The van der Waals surface area contributed by atoms with E-state index >= 15 is 0 Å². The van der Waals surface area contributed by atoms with Crippen LogP contribution in [0.1, 0.15) is 18.3 Å². The van der Waals surface area contributed by atoms with Crippen molar-refractivity contribution < 1.29 is 5.11 Å². The Bertz CT molecular complexity index is 224. The Kier molecular flexibility index (Phi) is 2.03. The number of aliphatic hydroxyl groups excluding tert-OH is 1. The molecule has 1 atom stereocenters. The molecule has 0 aliphatic heterocycles. The number of imidazole rings is 1. The van der Waals surface area contributed by atoms with Gasteiger partial charge in [0, 0.05) is 12.4 Å². The van der Waals surface area contributed by atoms with Crippen molar-refractivity contribution >= 4 is 0 Å². The average molecular weight is 137 g/mol. The molecule has 0 radical (unpaired) electrons. The number of H-pyrrole nitrogens is 1. The Balaban J connectivity index is 2.61. The van der Waals surface area contributed by atoms with Crippen LogP contribution in [0, 0.1) is 11.3 Å². The summed E-state index contributed by atoms with van der Waals surface area (Å²) in [6, 6.07) is 1.85. The lowest BCUT2D eigenvalue weighted by Crippen LogP contribution is -1.97. The molecular weight excluding hydrogens is 130 g/mol. The summed E-state index contributed by atoms with van der Waals surface area (Å²) in [6.45, 7) is 0. The molecule has 0 saturated carbocycles. The zero-order valence-corrected chi connectivity index (χ0v) is 5.28. The molecule has 4 nitrogen and oxygen atoms in total. The number of aromatic nitrogens is 2. The normalized spacial score (nSPS) is 12.4. The fourth-order valence-corrected chi connectivity index (χ4v) is 0.643. The van der Waals surface area contributed by atoms with Crippen LogP contribution in [0.15, 0.2) is 12.4 Å². The first kappa shape index (κ1) is 6.78. The molecule has 0 bridgehead atoms. The van der Waals surface area contributed by atoms with Gasteiger partial charge in [0.05, 0.1) is 12.5 Å². The Labute approximate surface area is 58.1 Å². The minimum absolute atomic E-state index is 0.0769. The van der Waals surface area contributed by atoms with Gasteiger partial charge in [-0.05, 0) is 0 Å². The molecule has 0 aromatic carbocycles. The first-order valence-corrected chi connectivity index (χ1v) is 2.89. The molecule has 0 fully saturated rings. The standard InChI is InChI=1S/C6H7N3O/c7-2-1-5(10)6-8-3-4-9-6/h3-5,10H,1H2,(H,8,9). The molecule has 1 unspecified atom stereocenters. The van der Waals surface area contributed by atoms with E-state index in [4.69, 9.17) is 10.4 Å². The number of hydrogen-bond donors (Lipinski definition) is 2. The maximum absolute atomic E-state index is 9.09. The molecule has 1 aromatic rings. The van der Waals surface area contributed by atoms with E-state index in [1.807, 2.05) is 6.07 Å². The van der Waals surface area contributed by atoms with Crippen LogP contribution in [0.2, 0.25) is 0 Å². The van der Waals surface area contributed by atoms with Gasteiger partial charge in [-0.1, -0.05) is 0 Å². The van der Waals surface area contributed by atoms with Crippen LogP contribution < -0.4 is 0 Å². The van der Waals surface area contributed by atoms with Crippen molar-refractivity contribution in [2.45, 2.75) is 12.5 Å². The predicted octanol–water partition coefficient (Wildman–Crippen LogP) is 0.357. The van der Waals surface area contributed by atoms with Gasteiger partial charge >= 0.3 is 0 Å². The van der Waals surface area contributed by atoms with Gasteiger partial charge < -0.3 is 10.1 Å². The molecule has 1 aromatic heterocycles. The lowest BCUT2D eigenvalue weighted by molar-refractivity contribution is 0.174. The van der Waals surface area contributed by atoms with Gasteiger partial charge in [0.2, 0.25) is 0 Å². The van der Waals surface area contributed by atoms with Crippen molar-refractivity contribution in [1.82, 2.24) is 9.97 Å². The molecule has 2 N–H and O–H groups in total. The molecule has 0 amide bonds. The Morgan fingerprint density at radius 1 is 1.90 bits per heavy atom. The van der Waals surface area contributed by atoms with E-state index in [0.29, 0.717) is 5.82 Å². The summed E-state index contributed by atoms with van der Waals surface area (Å²) in [5.74, 6) is 0.446. The second-order valence-electron chi connectivity index (χ2n) is 1.85. The molecule has 52 valence electrons. The summed E-state index contributed by atoms with van der Waals surface area (Å²) in [5.41, 5.74) is 0. The molecule has 0 spiro atoms. The molecule has 0 aliphatic rings. The quantitative estimate of drug-likeness (QED) is 0.618. The van der Waals surface area contributed by atoms with Crippen molar-refractivity contribution in [3.63, 3.8) is 0 Å². The largest absolute Gasteiger partial charge is 0.384 e. The summed E-state index contributed by atoms with van der Waals surface area (Å²) < 4.78 is 0. The minimum atomic E-state index is -0.778. The third kappa shape index (κ3) is 1.33. The topological polar surface area (TPSA) is 72.7 Å². The van der Waals surface area contributed by atoms with Gasteiger partial charge in [-0.15, -0.1) is 0 Å². The van der Waals surface area contributed by atoms with Gasteiger partial charge in [0.1, 0.15) is 11.9 Å². The minimum Gasteiger partial charge on any atom is -0.384 e. The first-order valence-electron chi connectivity index (χ1n) is 2.89. The number of aromatic amines is 1. The van der Waals surface area contributed by atoms with Crippen LogP contribution in [0.5, 0.6) is 0 Å². The smallest absolute Gasteiger partial charge is 0.136 e. The van der Waals surface area contributed by atoms with Gasteiger partial charge in [-0.25, -0.2) is 4.98 Å². The van der Waals surface area contributed by atoms with E-state index in [-0.39, 0.29) is 6.42 Å². The van der Waals surface area contributed by atoms with E-state index in [9.17, 15) is 0 Å². The second-order valence-corrected chi connectivity index (χ2v) is 1.85. The average Bonchev–Trinajstić information content (AvgIpc) is 2.38. The first-order chi connectivity index (χ1) is 4.84. The van der Waals surface area contributed by atoms with Crippen molar-refractivity contribution in [1.29, 1.82) is 5.26 Å². The van der Waals surface area contributed by atoms with Gasteiger partial charge in [-0.2, -0.15) is 5.26 Å². The third-order valence-electron chi connectivity index (χ3n) is 1.12. The number of nitrogens with one attached hydrogen (secondary N) is 1. The van der Waals surface area contributed by atoms with Crippen molar-refractivity contribution in [2.75, 3.05) is 0 Å². The number of hydrogen-bond acceptors (Lipinski definition) is 3. The predicted molar refractivity (Wildman–Crippen MR) is 33.8 cm³/mol. The van der Waals surface area contributed by atoms with Crippen LogP contribution in [-0.4, -0.2) is 15.1 Å². The summed E-state index contributed by atoms with van der Waals surface area (Å²) in [5, 5.41) is 17.3. The van der Waals surface area contributed by atoms with E-state index in [1.54, 1.807) is 6.20 Å². The van der Waals surface area contributed by atoms with Crippen LogP contribution in [0.4, 0.5) is 0 Å². The highest BCUT2D eigenvalue weighted by atomic mass is 16.3. The fourth-order valence-electron chi connectivity index (χ4n) is 0.643. The number of rotatable bonds is 2. The molecule has 1 rings (SSSR count). The molecular formula is C6H7N3O. The maximum atomic E-state index is 9.09. The molecule has 0 aliphatic carbocycles. The van der Waals surface area contributed by atoms with Gasteiger partial charge in [-0.3, -0.25) is 0 Å². The van der Waals surface area contributed by atoms with Gasteiger partial charge in [0.25, 0.3) is 0 Å². The number of nitrogens with zero attached hydrogens (tertiary/aromatic N) is 2. The van der Waals surface area contributed by atoms with E-state index in [1.165, 1.54) is 6.20 Å². The van der Waals surface area contributed by atoms with Crippen molar-refractivity contribution in [2.24, 2.45) is 0 Å². The second kappa shape index (κ2) is 2.99. The van der Waals surface area contributed by atoms with Gasteiger partial charge in [0.15, 0.2) is 0 Å². The molecule has 4 heteroatoms. The van der Waals surface area contributed by atoms with E-state index in [2.05, 4.69) is 9.97 Å². The number of aliphatic hydroxyl groups is 1. The Hall–Kier alpha value is -1.34. The third-order valence-corrected chi connectivity index (χ3v) is 1.12. The summed E-state index contributed by atoms with van der Waals surface area (Å²) in [7, 11) is 0. The lowest BCUT2D eigenvalue weighted by Gasteiger charge is -1.99. The molecule has 10 heavy (non-hydrogen) atoms. The van der Waals surface area contributed by atoms with Crippen LogP contribution in [0.25, 0.3) is 0 Å². The number of nitriles is 1. The SMILES string of the molecule is N#CCC(O)c1ncc[nH]1. The monoisotopic (exact) mass is 137 g/mol. The highest BCUT2D eigenvalue weighted by molar-refractivity contribution is 4.94. The Morgan fingerprint density at radius 2 is 2.70 bits per heavy atom. The highest BCUT2D eigenvalue weighted by Gasteiger charge is 2.07. The zero-order valence-electron chi connectivity index (χ0n) is 5.28. The summed E-state index contributed by atoms with van der Waals surface area (Å²) in [4.78, 5) is 6.49. The van der Waals surface area contributed by atoms with Crippen molar-refractivity contribution in [3.8, 4) is 6.07 Å². The molecule has 1 heterocycles. The molecule has 0 saturated heterocycles. The highest BCUT2D eigenvalue weighted by Crippen LogP contribution is 2.08. The summed E-state index contributed by atoms with van der Waals surface area (Å²) in [6.07, 6.45) is 2.44. The van der Waals surface area contributed by atoms with Crippen LogP contribution >= 0.6 is 0 Å². The van der Waals surface area contributed by atoms with Crippen molar-refractivity contribution in [3.05, 3.63) is 18.2 Å². The Morgan fingerprint density at radius 3 is 3.20 bits per heavy atom. The van der Waals surface area contributed by atoms with E-state index < -0.39 is 6.10 Å². The van der Waals surface area contributed by atoms with Crippen LogP contribution in [0.3, 0.4) is 0 Å². The van der Waals surface area contributed by atoms with E-state index in [0.717, 1.165) is 0 Å².